The molecule has 0 saturated carbocycles. The van der Waals surface area contributed by atoms with E-state index in [2.05, 4.69) is 22.6 Å². The normalized spacial score (nSPS) is 21.9. The standard InChI is InChI=1S/C9H12N2S/c1-12-9-8-6-10-4-2-7(8)3-5-11-9/h2,4,6,9,11H,3,5H2,1H3. The molecule has 64 valence electrons. The minimum atomic E-state index is 0.447. The van der Waals surface area contributed by atoms with Crippen LogP contribution in [0.15, 0.2) is 18.5 Å². The van der Waals surface area contributed by atoms with Crippen molar-refractivity contribution in [3.05, 3.63) is 29.6 Å². The maximum atomic E-state index is 4.14. The van der Waals surface area contributed by atoms with Gasteiger partial charge in [0.15, 0.2) is 0 Å². The van der Waals surface area contributed by atoms with E-state index in [1.165, 1.54) is 11.1 Å². The Kier molecular flexibility index (Phi) is 2.33. The van der Waals surface area contributed by atoms with Crippen molar-refractivity contribution >= 4 is 11.8 Å². The second-order valence-electron chi connectivity index (χ2n) is 2.89. The van der Waals surface area contributed by atoms with Gasteiger partial charge in [0.1, 0.15) is 0 Å². The summed E-state index contributed by atoms with van der Waals surface area (Å²) in [6.45, 7) is 1.09. The van der Waals surface area contributed by atoms with Gasteiger partial charge in [-0.3, -0.25) is 4.98 Å². The molecule has 0 spiro atoms. The molecule has 0 fully saturated rings. The molecule has 1 aromatic heterocycles. The molecule has 1 aromatic rings. The van der Waals surface area contributed by atoms with Crippen LogP contribution in [0, 0.1) is 0 Å². The van der Waals surface area contributed by atoms with E-state index in [1.54, 1.807) is 0 Å². The highest BCUT2D eigenvalue weighted by Crippen LogP contribution is 2.28. The molecule has 2 heterocycles. The zero-order chi connectivity index (χ0) is 8.39. The van der Waals surface area contributed by atoms with Gasteiger partial charge in [0.2, 0.25) is 0 Å². The number of thioether (sulfide) groups is 1. The minimum absolute atomic E-state index is 0.447. The van der Waals surface area contributed by atoms with E-state index in [-0.39, 0.29) is 0 Å². The van der Waals surface area contributed by atoms with Crippen LogP contribution in [0.5, 0.6) is 0 Å². The van der Waals surface area contributed by atoms with Gasteiger partial charge in [0.25, 0.3) is 0 Å². The van der Waals surface area contributed by atoms with Crippen LogP contribution in [0.2, 0.25) is 0 Å². The monoisotopic (exact) mass is 180 g/mol. The number of nitrogens with zero attached hydrogens (tertiary/aromatic N) is 1. The molecule has 0 saturated heterocycles. The molecular formula is C9H12N2S. The topological polar surface area (TPSA) is 24.9 Å². The van der Waals surface area contributed by atoms with E-state index in [1.807, 2.05) is 24.2 Å². The summed E-state index contributed by atoms with van der Waals surface area (Å²) in [6, 6.07) is 2.12. The summed E-state index contributed by atoms with van der Waals surface area (Å²) < 4.78 is 0. The molecule has 3 heteroatoms. The van der Waals surface area contributed by atoms with Crippen LogP contribution in [-0.4, -0.2) is 17.8 Å². The fourth-order valence-corrected chi connectivity index (χ4v) is 2.31. The number of hydrogen-bond acceptors (Lipinski definition) is 3. The summed E-state index contributed by atoms with van der Waals surface area (Å²) in [5.41, 5.74) is 2.80. The van der Waals surface area contributed by atoms with E-state index in [4.69, 9.17) is 0 Å². The van der Waals surface area contributed by atoms with Crippen molar-refractivity contribution in [3.63, 3.8) is 0 Å². The van der Waals surface area contributed by atoms with Crippen molar-refractivity contribution in [2.24, 2.45) is 0 Å². The highest BCUT2D eigenvalue weighted by molar-refractivity contribution is 7.98. The third-order valence-corrected chi connectivity index (χ3v) is 3.08. The Labute approximate surface area is 76.8 Å². The van der Waals surface area contributed by atoms with Gasteiger partial charge in [0.05, 0.1) is 5.37 Å². The Morgan fingerprint density at radius 2 is 2.58 bits per heavy atom. The molecule has 12 heavy (non-hydrogen) atoms. The molecule has 1 N–H and O–H groups in total. The Bertz CT molecular complexity index is 275. The second-order valence-corrected chi connectivity index (χ2v) is 3.84. The maximum Gasteiger partial charge on any atom is 0.0804 e. The zero-order valence-electron chi connectivity index (χ0n) is 7.08. The fraction of sp³-hybridized carbons (Fsp3) is 0.444. The molecular weight excluding hydrogens is 168 g/mol. The largest absolute Gasteiger partial charge is 0.301 e. The first kappa shape index (κ1) is 8.08. The number of fused-ring (bicyclic) bond motifs is 1. The summed E-state index contributed by atoms with van der Waals surface area (Å²) in [4.78, 5) is 4.14. The molecule has 0 amide bonds. The first-order chi connectivity index (χ1) is 5.92. The molecule has 1 aliphatic heterocycles. The molecule has 2 rings (SSSR count). The molecule has 0 aliphatic carbocycles. The van der Waals surface area contributed by atoms with Crippen molar-refractivity contribution in [2.45, 2.75) is 11.8 Å². The predicted octanol–water partition coefficient (Wildman–Crippen LogP) is 1.59. The first-order valence-electron chi connectivity index (χ1n) is 4.11. The minimum Gasteiger partial charge on any atom is -0.301 e. The highest BCUT2D eigenvalue weighted by atomic mass is 32.2. The van der Waals surface area contributed by atoms with Gasteiger partial charge < -0.3 is 5.32 Å². The van der Waals surface area contributed by atoms with Gasteiger partial charge >= 0.3 is 0 Å². The summed E-state index contributed by atoms with van der Waals surface area (Å²) in [5.74, 6) is 0. The first-order valence-corrected chi connectivity index (χ1v) is 5.39. The molecule has 0 aromatic carbocycles. The Hall–Kier alpha value is -0.540. The molecule has 1 atom stereocenters. The lowest BCUT2D eigenvalue weighted by Crippen LogP contribution is -2.27. The summed E-state index contributed by atoms with van der Waals surface area (Å²) in [6.07, 6.45) is 7.11. The summed E-state index contributed by atoms with van der Waals surface area (Å²) in [7, 11) is 0. The number of hydrogen-bond donors (Lipinski definition) is 1. The van der Waals surface area contributed by atoms with Crippen LogP contribution in [0.4, 0.5) is 0 Å². The quantitative estimate of drug-likeness (QED) is 0.710. The van der Waals surface area contributed by atoms with Gasteiger partial charge in [0, 0.05) is 24.5 Å². The summed E-state index contributed by atoms with van der Waals surface area (Å²) in [5, 5.41) is 3.89. The van der Waals surface area contributed by atoms with E-state index in [9.17, 15) is 0 Å². The third kappa shape index (κ3) is 1.34. The van der Waals surface area contributed by atoms with Crippen LogP contribution in [0.1, 0.15) is 16.5 Å². The lowest BCUT2D eigenvalue weighted by atomic mass is 10.0. The Morgan fingerprint density at radius 1 is 1.67 bits per heavy atom. The smallest absolute Gasteiger partial charge is 0.0804 e. The third-order valence-electron chi connectivity index (χ3n) is 2.19. The number of nitrogens with one attached hydrogen (secondary N) is 1. The highest BCUT2D eigenvalue weighted by Gasteiger charge is 2.17. The van der Waals surface area contributed by atoms with Crippen molar-refractivity contribution in [1.82, 2.24) is 10.3 Å². The zero-order valence-corrected chi connectivity index (χ0v) is 7.90. The van der Waals surface area contributed by atoms with Crippen molar-refractivity contribution in [2.75, 3.05) is 12.8 Å². The van der Waals surface area contributed by atoms with Crippen molar-refractivity contribution < 1.29 is 0 Å². The van der Waals surface area contributed by atoms with E-state index < -0.39 is 0 Å². The molecule has 1 unspecified atom stereocenters. The van der Waals surface area contributed by atoms with Crippen molar-refractivity contribution in [3.8, 4) is 0 Å². The molecule has 1 aliphatic rings. The van der Waals surface area contributed by atoms with Crippen LogP contribution in [-0.2, 0) is 6.42 Å². The van der Waals surface area contributed by atoms with Crippen LogP contribution in [0.25, 0.3) is 0 Å². The van der Waals surface area contributed by atoms with Crippen LogP contribution >= 0.6 is 11.8 Å². The van der Waals surface area contributed by atoms with Gasteiger partial charge in [-0.25, -0.2) is 0 Å². The Morgan fingerprint density at radius 3 is 3.42 bits per heavy atom. The van der Waals surface area contributed by atoms with Crippen LogP contribution in [0.3, 0.4) is 0 Å². The lowest BCUT2D eigenvalue weighted by Gasteiger charge is -2.24. The van der Waals surface area contributed by atoms with E-state index in [0.717, 1.165) is 13.0 Å². The summed E-state index contributed by atoms with van der Waals surface area (Å²) >= 11 is 1.84. The number of aromatic nitrogens is 1. The van der Waals surface area contributed by atoms with Gasteiger partial charge in [-0.05, 0) is 24.3 Å². The average Bonchev–Trinajstić information content (AvgIpc) is 2.17. The average molecular weight is 180 g/mol. The second kappa shape index (κ2) is 3.46. The lowest BCUT2D eigenvalue weighted by molar-refractivity contribution is 0.628. The molecule has 0 bridgehead atoms. The van der Waals surface area contributed by atoms with Crippen LogP contribution < -0.4 is 5.32 Å². The van der Waals surface area contributed by atoms with E-state index in [0.29, 0.717) is 5.37 Å². The Balaban J connectivity index is 2.37. The van der Waals surface area contributed by atoms with Gasteiger partial charge in [-0.15, -0.1) is 11.8 Å². The fourth-order valence-electron chi connectivity index (χ4n) is 1.56. The predicted molar refractivity (Wildman–Crippen MR) is 52.2 cm³/mol. The number of rotatable bonds is 1. The SMILES string of the molecule is CSC1NCCc2ccncc21. The van der Waals surface area contributed by atoms with Gasteiger partial charge in [-0.2, -0.15) is 0 Å². The van der Waals surface area contributed by atoms with Gasteiger partial charge in [-0.1, -0.05) is 0 Å². The van der Waals surface area contributed by atoms with E-state index >= 15 is 0 Å². The molecule has 2 nitrogen and oxygen atoms in total. The van der Waals surface area contributed by atoms with Crippen molar-refractivity contribution in [1.29, 1.82) is 0 Å². The number of pyridine rings is 1. The maximum absolute atomic E-state index is 4.14. The molecule has 0 radical (unpaired) electrons.